The molecule has 1 atom stereocenters. The van der Waals surface area contributed by atoms with Gasteiger partial charge in [-0.15, -0.1) is 0 Å². The predicted octanol–water partition coefficient (Wildman–Crippen LogP) is -5.48. The third kappa shape index (κ3) is 3.34. The van der Waals surface area contributed by atoms with Crippen LogP contribution in [-0.2, 0) is 14.4 Å². The molecule has 0 saturated heterocycles. The first-order chi connectivity index (χ1) is 5.86. The molecule has 0 fully saturated rings. The second-order valence-electron chi connectivity index (χ2n) is 1.93. The van der Waals surface area contributed by atoms with Crippen LogP contribution in [0.1, 0.15) is 0 Å². The first-order valence-corrected chi connectivity index (χ1v) is 2.89. The van der Waals surface area contributed by atoms with Gasteiger partial charge >= 0.3 is 0 Å². The Balaban J connectivity index is 4.93. The number of aliphatic hydroxyl groups is 1. The maximum Gasteiger partial charge on any atom is 0.120 e. The summed E-state index contributed by atoms with van der Waals surface area (Å²) in [4.78, 5) is 29.8. The lowest BCUT2D eigenvalue weighted by molar-refractivity contribution is -0.318. The Bertz CT molecular complexity index is 277. The smallest absolute Gasteiger partial charge is 0.120 e. The highest BCUT2D eigenvalue weighted by Gasteiger charge is 2.12. The van der Waals surface area contributed by atoms with Gasteiger partial charge in [0.25, 0.3) is 0 Å². The molecule has 7 heteroatoms. The van der Waals surface area contributed by atoms with Crippen LogP contribution in [0, 0.1) is 0 Å². The Morgan fingerprint density at radius 2 is 1.62 bits per heavy atom. The highest BCUT2D eigenvalue weighted by atomic mass is 16.4. The molecule has 0 radical (unpaired) electrons. The van der Waals surface area contributed by atoms with Gasteiger partial charge in [0.15, 0.2) is 0 Å². The van der Waals surface area contributed by atoms with E-state index in [2.05, 4.69) is 0 Å². The molecule has 0 aromatic carbocycles. The predicted molar refractivity (Wildman–Crippen MR) is 29.1 cm³/mol. The van der Waals surface area contributed by atoms with Crippen LogP contribution in [0.4, 0.5) is 0 Å². The van der Waals surface area contributed by atoms with Gasteiger partial charge in [-0.05, 0) is 6.08 Å². The summed E-state index contributed by atoms with van der Waals surface area (Å²) in [6, 6.07) is 0. The maximum atomic E-state index is 10.1. The van der Waals surface area contributed by atoms with Gasteiger partial charge in [-0.2, -0.15) is 0 Å². The summed E-state index contributed by atoms with van der Waals surface area (Å²) in [5.74, 6) is -6.22. The number of aliphatic hydroxyl groups excluding tert-OH is 1. The van der Waals surface area contributed by atoms with E-state index in [9.17, 15) is 29.7 Å². The van der Waals surface area contributed by atoms with Crippen molar-refractivity contribution in [3.05, 3.63) is 11.6 Å². The minimum atomic E-state index is -2.55. The number of rotatable bonds is 4. The average molecular weight is 187 g/mol. The van der Waals surface area contributed by atoms with Gasteiger partial charge in [0, 0.05) is 5.57 Å². The van der Waals surface area contributed by atoms with Crippen molar-refractivity contribution in [2.24, 2.45) is 0 Å². The molecule has 1 N–H and O–H groups in total. The highest BCUT2D eigenvalue weighted by Crippen LogP contribution is 1.99. The molecule has 13 heavy (non-hydrogen) atoms. The monoisotopic (exact) mass is 187 g/mol. The molecule has 7 nitrogen and oxygen atoms in total. The number of carboxylic acids is 3. The van der Waals surface area contributed by atoms with E-state index in [1.807, 2.05) is 0 Å². The third-order valence-corrected chi connectivity index (χ3v) is 1.03. The topological polar surface area (TPSA) is 141 Å². The molecule has 0 aromatic rings. The first kappa shape index (κ1) is 11.1. The van der Waals surface area contributed by atoms with E-state index in [1.165, 1.54) is 0 Å². The molecule has 0 rings (SSSR count). The molecule has 0 bridgehead atoms. The second kappa shape index (κ2) is 4.21. The van der Waals surface area contributed by atoms with Crippen molar-refractivity contribution in [2.45, 2.75) is 6.10 Å². The van der Waals surface area contributed by atoms with E-state index in [0.717, 1.165) is 0 Å². The van der Waals surface area contributed by atoms with Gasteiger partial charge < -0.3 is 34.8 Å². The van der Waals surface area contributed by atoms with Crippen LogP contribution >= 0.6 is 0 Å². The van der Waals surface area contributed by atoms with Gasteiger partial charge in [-0.3, -0.25) is 0 Å². The fourth-order valence-electron chi connectivity index (χ4n) is 0.503. The normalized spacial score (nSPS) is 13.5. The molecule has 0 aromatic heterocycles. The van der Waals surface area contributed by atoms with Gasteiger partial charge in [0.2, 0.25) is 0 Å². The molecule has 0 aliphatic carbocycles. The average Bonchev–Trinajstić information content (AvgIpc) is 1.97. The van der Waals surface area contributed by atoms with Crippen molar-refractivity contribution in [3.8, 4) is 0 Å². The van der Waals surface area contributed by atoms with Crippen molar-refractivity contribution in [2.75, 3.05) is 0 Å². The minimum absolute atomic E-state index is 0.0875. The van der Waals surface area contributed by atoms with Crippen LogP contribution in [0.15, 0.2) is 11.6 Å². The van der Waals surface area contributed by atoms with Crippen LogP contribution in [0.25, 0.3) is 0 Å². The quantitative estimate of drug-likeness (QED) is 0.432. The van der Waals surface area contributed by atoms with Crippen LogP contribution < -0.4 is 15.3 Å². The van der Waals surface area contributed by atoms with Crippen LogP contribution in [0.5, 0.6) is 0 Å². The second-order valence-corrected chi connectivity index (χ2v) is 1.93. The zero-order valence-electron chi connectivity index (χ0n) is 6.05. The molecule has 0 saturated carbocycles. The first-order valence-electron chi connectivity index (χ1n) is 2.89. The summed E-state index contributed by atoms with van der Waals surface area (Å²) >= 11 is 0. The Morgan fingerprint density at radius 1 is 1.15 bits per heavy atom. The highest BCUT2D eigenvalue weighted by molar-refractivity contribution is 5.98. The maximum absolute atomic E-state index is 10.1. The van der Waals surface area contributed by atoms with E-state index < -0.39 is 29.6 Å². The van der Waals surface area contributed by atoms with E-state index in [4.69, 9.17) is 5.11 Å². The number of carboxylic acid groups (broad SMARTS) is 3. The Labute approximate surface area is 71.5 Å². The Hall–Kier alpha value is -1.89. The molecular weight excluding hydrogens is 184 g/mol. The molecule has 1 unspecified atom stereocenters. The summed E-state index contributed by atoms with van der Waals surface area (Å²) in [5, 5.41) is 38.4. The Morgan fingerprint density at radius 3 is 1.85 bits per heavy atom. The molecule has 0 aliphatic heterocycles. The third-order valence-electron chi connectivity index (χ3n) is 1.03. The van der Waals surface area contributed by atoms with E-state index in [0.29, 0.717) is 0 Å². The zero-order valence-corrected chi connectivity index (χ0v) is 6.05. The summed E-state index contributed by atoms with van der Waals surface area (Å²) < 4.78 is 0. The van der Waals surface area contributed by atoms with Gasteiger partial charge in [0.05, 0.1) is 17.9 Å². The number of hydrogen-bond donors (Lipinski definition) is 1. The number of aliphatic carboxylic acids is 3. The molecule has 0 amide bonds. The molecule has 0 heterocycles. The van der Waals surface area contributed by atoms with Gasteiger partial charge in [-0.25, -0.2) is 0 Å². The van der Waals surface area contributed by atoms with Crippen molar-refractivity contribution >= 4 is 17.9 Å². The van der Waals surface area contributed by atoms with Gasteiger partial charge in [-0.1, -0.05) is 0 Å². The van der Waals surface area contributed by atoms with E-state index in [-0.39, 0.29) is 6.08 Å². The fourth-order valence-corrected chi connectivity index (χ4v) is 0.503. The van der Waals surface area contributed by atoms with Crippen LogP contribution in [0.3, 0.4) is 0 Å². The zero-order chi connectivity index (χ0) is 10.6. The molecule has 72 valence electrons. The lowest BCUT2D eigenvalue weighted by atomic mass is 10.1. The number of carbonyl (C=O) groups excluding carboxylic acids is 3. The SMILES string of the molecule is O=C([O-])C=C(C(=O)[O-])C(O)C(=O)[O-]. The van der Waals surface area contributed by atoms with Crippen LogP contribution in [0.2, 0.25) is 0 Å². The van der Waals surface area contributed by atoms with Gasteiger partial charge in [0.1, 0.15) is 6.10 Å². The molecule has 0 aliphatic rings. The largest absolute Gasteiger partial charge is 0.547 e. The fraction of sp³-hybridized carbons (Fsp3) is 0.167. The summed E-state index contributed by atoms with van der Waals surface area (Å²) in [6.45, 7) is 0. The number of hydrogen-bond acceptors (Lipinski definition) is 7. The van der Waals surface area contributed by atoms with Crippen molar-refractivity contribution in [1.29, 1.82) is 0 Å². The number of carbonyl (C=O) groups is 3. The summed E-state index contributed by atoms with van der Waals surface area (Å²) in [7, 11) is 0. The minimum Gasteiger partial charge on any atom is -0.547 e. The standard InChI is InChI=1S/C6H6O7/c7-3(8)1-2(5(10)11)4(9)6(12)13/h1,4,9H,(H,7,8)(H,10,11)(H,12,13)/p-3. The van der Waals surface area contributed by atoms with Crippen molar-refractivity contribution in [1.82, 2.24) is 0 Å². The molecular formula is C6H3O7-3. The molecule has 0 spiro atoms. The lowest BCUT2D eigenvalue weighted by Crippen LogP contribution is -2.43. The van der Waals surface area contributed by atoms with E-state index >= 15 is 0 Å². The Kier molecular flexibility index (Phi) is 3.60. The van der Waals surface area contributed by atoms with Crippen molar-refractivity contribution < 1.29 is 34.8 Å². The van der Waals surface area contributed by atoms with E-state index in [1.54, 1.807) is 0 Å². The summed E-state index contributed by atoms with van der Waals surface area (Å²) in [6.07, 6.45) is -2.64. The summed E-state index contributed by atoms with van der Waals surface area (Å²) in [5.41, 5.74) is -1.33. The van der Waals surface area contributed by atoms with Crippen molar-refractivity contribution in [3.63, 3.8) is 0 Å². The van der Waals surface area contributed by atoms with Crippen LogP contribution in [-0.4, -0.2) is 29.1 Å². The lowest BCUT2D eigenvalue weighted by Gasteiger charge is -2.16.